The second kappa shape index (κ2) is 5.25. The zero-order valence-corrected chi connectivity index (χ0v) is 10.8. The van der Waals surface area contributed by atoms with E-state index in [0.29, 0.717) is 6.61 Å². The minimum atomic E-state index is -4.39. The molecular weight excluding hydrogens is 311 g/mol. The van der Waals surface area contributed by atoms with Crippen molar-refractivity contribution in [2.45, 2.75) is 17.7 Å². The Hall–Kier alpha value is -0.880. The van der Waals surface area contributed by atoms with Crippen LogP contribution in [-0.4, -0.2) is 25.6 Å². The van der Waals surface area contributed by atoms with Crippen LogP contribution in [0.3, 0.4) is 0 Å². The van der Waals surface area contributed by atoms with Crippen LogP contribution in [0, 0.1) is 0 Å². The minimum absolute atomic E-state index is 0.154. The van der Waals surface area contributed by atoms with Crippen LogP contribution in [0.1, 0.15) is 10.9 Å². The topological polar surface area (TPSA) is 18.5 Å². The summed E-state index contributed by atoms with van der Waals surface area (Å²) in [6, 6.07) is 2.33. The maximum atomic E-state index is 13.2. The summed E-state index contributed by atoms with van der Waals surface area (Å²) in [5, 5.41) is -2.43. The van der Waals surface area contributed by atoms with Gasteiger partial charge in [-0.25, -0.2) is 8.78 Å². The fourth-order valence-electron chi connectivity index (χ4n) is 1.59. The largest absolute Gasteiger partial charge is 0.486 e. The zero-order chi connectivity index (χ0) is 14.2. The van der Waals surface area contributed by atoms with Gasteiger partial charge in [0.1, 0.15) is 18.6 Å². The zero-order valence-electron chi connectivity index (χ0n) is 9.31. The maximum absolute atomic E-state index is 13.2. The minimum Gasteiger partial charge on any atom is -0.486 e. The Labute approximate surface area is 116 Å². The molecule has 0 N–H and O–H groups in total. The van der Waals surface area contributed by atoms with Gasteiger partial charge in [-0.15, -0.1) is 11.6 Å². The van der Waals surface area contributed by atoms with Crippen LogP contribution in [0.25, 0.3) is 0 Å². The van der Waals surface area contributed by atoms with E-state index >= 15 is 0 Å². The molecule has 1 aromatic carbocycles. The molecule has 0 saturated heterocycles. The van der Waals surface area contributed by atoms with Gasteiger partial charge in [0.25, 0.3) is 0 Å². The van der Waals surface area contributed by atoms with Gasteiger partial charge in [0.2, 0.25) is 0 Å². The molecule has 19 heavy (non-hydrogen) atoms. The van der Waals surface area contributed by atoms with Crippen molar-refractivity contribution in [3.8, 4) is 11.5 Å². The van der Waals surface area contributed by atoms with Crippen LogP contribution in [0.4, 0.5) is 17.6 Å². The molecule has 8 heteroatoms. The van der Waals surface area contributed by atoms with Gasteiger partial charge >= 0.3 is 12.3 Å². The SMILES string of the molecule is FC(F)C(F)(F)C(Cl)c1cc2c(cc1Cl)OCCO2. The monoisotopic (exact) mass is 318 g/mol. The van der Waals surface area contributed by atoms with Gasteiger partial charge in [0.15, 0.2) is 11.5 Å². The molecule has 1 aliphatic rings. The Bertz CT molecular complexity index is 482. The number of rotatable bonds is 3. The van der Waals surface area contributed by atoms with Gasteiger partial charge < -0.3 is 9.47 Å². The van der Waals surface area contributed by atoms with Gasteiger partial charge in [-0.1, -0.05) is 11.6 Å². The Balaban J connectivity index is 2.40. The van der Waals surface area contributed by atoms with Crippen LogP contribution >= 0.6 is 23.2 Å². The number of halogens is 6. The van der Waals surface area contributed by atoms with Gasteiger partial charge in [-0.2, -0.15) is 8.78 Å². The predicted molar refractivity (Wildman–Crippen MR) is 62.0 cm³/mol. The number of hydrogen-bond acceptors (Lipinski definition) is 2. The standard InChI is InChI=1S/C11H8Cl2F4O2/c12-6-4-8-7(18-1-2-19-8)3-5(6)9(13)11(16,17)10(14)15/h3-4,9-10H,1-2H2. The molecule has 1 atom stereocenters. The van der Waals surface area contributed by atoms with E-state index in [9.17, 15) is 17.6 Å². The van der Waals surface area contributed by atoms with Crippen molar-refractivity contribution in [2.75, 3.05) is 13.2 Å². The summed E-state index contributed by atoms with van der Waals surface area (Å²) >= 11 is 11.2. The van der Waals surface area contributed by atoms with Crippen LogP contribution in [0.5, 0.6) is 11.5 Å². The van der Waals surface area contributed by atoms with Gasteiger partial charge in [0.05, 0.1) is 0 Å². The lowest BCUT2D eigenvalue weighted by Crippen LogP contribution is -2.31. The number of hydrogen-bond donors (Lipinski definition) is 0. The van der Waals surface area contributed by atoms with Gasteiger partial charge in [-0.3, -0.25) is 0 Å². The molecule has 0 bridgehead atoms. The lowest BCUT2D eigenvalue weighted by atomic mass is 10.1. The summed E-state index contributed by atoms with van der Waals surface area (Å²) in [6.45, 7) is 0.520. The number of alkyl halides is 5. The lowest BCUT2D eigenvalue weighted by Gasteiger charge is -2.24. The molecule has 106 valence electrons. The summed E-state index contributed by atoms with van der Waals surface area (Å²) in [7, 11) is 0. The highest BCUT2D eigenvalue weighted by molar-refractivity contribution is 6.33. The summed E-state index contributed by atoms with van der Waals surface area (Å²) < 4.78 is 61.4. The third-order valence-electron chi connectivity index (χ3n) is 2.56. The van der Waals surface area contributed by atoms with E-state index in [4.69, 9.17) is 32.7 Å². The summed E-state index contributed by atoms with van der Waals surface area (Å²) in [5.74, 6) is -3.97. The Morgan fingerprint density at radius 2 is 1.63 bits per heavy atom. The number of ether oxygens (including phenoxy) is 2. The van der Waals surface area contributed by atoms with E-state index in [1.807, 2.05) is 0 Å². The molecule has 2 rings (SSSR count). The number of fused-ring (bicyclic) bond motifs is 1. The average Bonchev–Trinajstić information content (AvgIpc) is 2.36. The second-order valence-electron chi connectivity index (χ2n) is 3.86. The molecule has 0 aromatic heterocycles. The average molecular weight is 319 g/mol. The molecule has 1 aromatic rings. The van der Waals surface area contributed by atoms with Crippen molar-refractivity contribution in [3.05, 3.63) is 22.7 Å². The van der Waals surface area contributed by atoms with Crippen LogP contribution in [0.2, 0.25) is 5.02 Å². The maximum Gasteiger partial charge on any atom is 0.327 e. The van der Waals surface area contributed by atoms with Crippen LogP contribution in [0.15, 0.2) is 12.1 Å². The third-order valence-corrected chi connectivity index (χ3v) is 3.42. The number of benzene rings is 1. The Morgan fingerprint density at radius 3 is 2.16 bits per heavy atom. The second-order valence-corrected chi connectivity index (χ2v) is 4.70. The van der Waals surface area contributed by atoms with Crippen molar-refractivity contribution in [1.29, 1.82) is 0 Å². The van der Waals surface area contributed by atoms with Crippen molar-refractivity contribution in [2.24, 2.45) is 0 Å². The third kappa shape index (κ3) is 2.69. The van der Waals surface area contributed by atoms with Gasteiger partial charge in [-0.05, 0) is 11.6 Å². The predicted octanol–water partition coefficient (Wildman–Crippen LogP) is 4.29. The fourth-order valence-corrected chi connectivity index (χ4v) is 2.19. The van der Waals surface area contributed by atoms with Crippen LogP contribution in [-0.2, 0) is 0 Å². The van der Waals surface area contributed by atoms with Crippen molar-refractivity contribution < 1.29 is 27.0 Å². The van der Waals surface area contributed by atoms with E-state index in [-0.39, 0.29) is 28.7 Å². The quantitative estimate of drug-likeness (QED) is 0.611. The highest BCUT2D eigenvalue weighted by Gasteiger charge is 2.49. The lowest BCUT2D eigenvalue weighted by molar-refractivity contribution is -0.130. The van der Waals surface area contributed by atoms with E-state index in [2.05, 4.69) is 0 Å². The molecular formula is C11H8Cl2F4O2. The molecule has 1 unspecified atom stereocenters. The van der Waals surface area contributed by atoms with E-state index in [1.54, 1.807) is 0 Å². The first-order chi connectivity index (χ1) is 8.84. The molecule has 0 aliphatic carbocycles. The smallest absolute Gasteiger partial charge is 0.327 e. The van der Waals surface area contributed by atoms with Crippen molar-refractivity contribution >= 4 is 23.2 Å². The first-order valence-electron chi connectivity index (χ1n) is 5.23. The fraction of sp³-hybridized carbons (Fsp3) is 0.455. The first kappa shape index (κ1) is 14.5. The molecule has 0 amide bonds. The molecule has 1 aliphatic heterocycles. The summed E-state index contributed by atoms with van der Waals surface area (Å²) in [4.78, 5) is 0. The Kier molecular flexibility index (Phi) is 4.01. The molecule has 1 heterocycles. The molecule has 0 spiro atoms. The normalized spacial score (nSPS) is 16.6. The summed E-state index contributed by atoms with van der Waals surface area (Å²) in [5.41, 5.74) is -0.321. The molecule has 2 nitrogen and oxygen atoms in total. The highest BCUT2D eigenvalue weighted by Crippen LogP contribution is 2.46. The van der Waals surface area contributed by atoms with Crippen molar-refractivity contribution in [1.82, 2.24) is 0 Å². The van der Waals surface area contributed by atoms with Crippen LogP contribution < -0.4 is 9.47 Å². The van der Waals surface area contributed by atoms with E-state index in [1.165, 1.54) is 6.07 Å². The van der Waals surface area contributed by atoms with Gasteiger partial charge in [0, 0.05) is 11.1 Å². The van der Waals surface area contributed by atoms with E-state index in [0.717, 1.165) is 6.07 Å². The van der Waals surface area contributed by atoms with E-state index < -0.39 is 17.7 Å². The Morgan fingerprint density at radius 1 is 1.11 bits per heavy atom. The molecule has 0 radical (unpaired) electrons. The first-order valence-corrected chi connectivity index (χ1v) is 6.04. The molecule has 0 fully saturated rings. The summed E-state index contributed by atoms with van der Waals surface area (Å²) in [6.07, 6.45) is -3.89. The highest BCUT2D eigenvalue weighted by atomic mass is 35.5. The van der Waals surface area contributed by atoms with Crippen molar-refractivity contribution in [3.63, 3.8) is 0 Å². The molecule has 0 saturated carbocycles.